The van der Waals surface area contributed by atoms with Crippen LogP contribution in [0.2, 0.25) is 0 Å². The molecule has 0 bridgehead atoms. The number of aliphatic hydroxyl groups is 1. The maximum Gasteiger partial charge on any atom is 0.573 e. The molecule has 230 valence electrons. The number of amidine groups is 1. The Hall–Kier alpha value is -4.20. The lowest BCUT2D eigenvalue weighted by Crippen LogP contribution is -2.35. The molecule has 1 saturated heterocycles. The zero-order valence-corrected chi connectivity index (χ0v) is 25.1. The molecule has 5 rings (SSSR count). The molecule has 9 nitrogen and oxygen atoms in total. The molecule has 2 heterocycles. The van der Waals surface area contributed by atoms with Crippen molar-refractivity contribution >= 4 is 28.5 Å². The molecule has 4 aromatic rings. The number of thioether (sulfide) groups is 1. The van der Waals surface area contributed by atoms with E-state index in [2.05, 4.69) is 45.0 Å². The SMILES string of the molecule is Cc1ccc(N2C(=O)CSC2=NC(O)NCCc2ccc(-c3ncn(-c4ccc(OC(F)(F)F)cc4)n3)cc2)c(C(C)C)c1. The predicted molar refractivity (Wildman–Crippen MR) is 164 cm³/mol. The van der Waals surface area contributed by atoms with Crippen molar-refractivity contribution in [1.29, 1.82) is 0 Å². The molecule has 3 aromatic carbocycles. The first-order chi connectivity index (χ1) is 21.0. The van der Waals surface area contributed by atoms with Gasteiger partial charge in [-0.15, -0.1) is 18.3 Å². The van der Waals surface area contributed by atoms with Crippen LogP contribution in [0.3, 0.4) is 0 Å². The third kappa shape index (κ3) is 7.65. The van der Waals surface area contributed by atoms with Crippen LogP contribution < -0.4 is 15.0 Å². The maximum atomic E-state index is 12.8. The summed E-state index contributed by atoms with van der Waals surface area (Å²) in [6, 6.07) is 18.9. The first-order valence-corrected chi connectivity index (χ1v) is 14.9. The second-order valence-corrected chi connectivity index (χ2v) is 11.4. The van der Waals surface area contributed by atoms with Crippen LogP contribution in [0.1, 0.15) is 36.5 Å². The van der Waals surface area contributed by atoms with Gasteiger partial charge in [0.2, 0.25) is 12.3 Å². The molecule has 1 aromatic heterocycles. The molecule has 1 atom stereocenters. The van der Waals surface area contributed by atoms with Crippen LogP contribution in [0.25, 0.3) is 17.1 Å². The van der Waals surface area contributed by atoms with Gasteiger partial charge in [0.1, 0.15) is 12.1 Å². The van der Waals surface area contributed by atoms with Crippen molar-refractivity contribution in [3.05, 3.63) is 89.7 Å². The molecular weight excluding hydrogens is 593 g/mol. The number of carbonyl (C=O) groups excluding carboxylic acids is 1. The van der Waals surface area contributed by atoms with E-state index in [9.17, 15) is 23.1 Å². The first-order valence-electron chi connectivity index (χ1n) is 13.9. The van der Waals surface area contributed by atoms with Crippen LogP contribution in [0.15, 0.2) is 78.0 Å². The van der Waals surface area contributed by atoms with Gasteiger partial charge in [0.25, 0.3) is 0 Å². The second kappa shape index (κ2) is 13.2. The van der Waals surface area contributed by atoms with Gasteiger partial charge in [0, 0.05) is 12.1 Å². The number of aliphatic hydroxyl groups excluding tert-OH is 1. The highest BCUT2D eigenvalue weighted by Gasteiger charge is 2.32. The third-order valence-corrected chi connectivity index (χ3v) is 7.76. The first kappa shape index (κ1) is 31.2. The molecule has 0 radical (unpaired) electrons. The summed E-state index contributed by atoms with van der Waals surface area (Å²) in [5.41, 5.74) is 5.26. The van der Waals surface area contributed by atoms with E-state index >= 15 is 0 Å². The lowest BCUT2D eigenvalue weighted by molar-refractivity contribution is -0.274. The van der Waals surface area contributed by atoms with Crippen molar-refractivity contribution in [1.82, 2.24) is 20.1 Å². The van der Waals surface area contributed by atoms with Gasteiger partial charge in [-0.05, 0) is 60.7 Å². The number of anilines is 1. The Morgan fingerprint density at radius 1 is 1.09 bits per heavy atom. The minimum atomic E-state index is -4.75. The number of aliphatic imine (C=N–C) groups is 1. The van der Waals surface area contributed by atoms with E-state index in [0.29, 0.717) is 29.6 Å². The van der Waals surface area contributed by atoms with Crippen LogP contribution in [-0.4, -0.2) is 56.0 Å². The van der Waals surface area contributed by atoms with Gasteiger partial charge in [-0.25, -0.2) is 14.7 Å². The van der Waals surface area contributed by atoms with Crippen LogP contribution in [-0.2, 0) is 11.2 Å². The zero-order valence-electron chi connectivity index (χ0n) is 24.2. The Kier molecular flexibility index (Phi) is 9.37. The van der Waals surface area contributed by atoms with E-state index in [1.807, 2.05) is 43.3 Å². The number of aryl methyl sites for hydroxylation is 1. The highest BCUT2D eigenvalue weighted by Crippen LogP contribution is 2.34. The fourth-order valence-corrected chi connectivity index (χ4v) is 5.56. The highest BCUT2D eigenvalue weighted by molar-refractivity contribution is 8.15. The number of nitrogens with one attached hydrogen (secondary N) is 1. The number of ether oxygens (including phenoxy) is 1. The molecule has 1 aliphatic rings. The average Bonchev–Trinajstić information content (AvgIpc) is 3.60. The molecule has 1 fully saturated rings. The maximum absolute atomic E-state index is 12.8. The molecule has 13 heteroatoms. The fourth-order valence-electron chi connectivity index (χ4n) is 4.67. The van der Waals surface area contributed by atoms with Crippen molar-refractivity contribution < 1.29 is 27.8 Å². The van der Waals surface area contributed by atoms with E-state index in [0.717, 1.165) is 27.9 Å². The summed E-state index contributed by atoms with van der Waals surface area (Å²) in [5.74, 6) is 0.551. The van der Waals surface area contributed by atoms with E-state index in [1.54, 1.807) is 4.90 Å². The summed E-state index contributed by atoms with van der Waals surface area (Å²) in [4.78, 5) is 23.1. The van der Waals surface area contributed by atoms with Gasteiger partial charge in [-0.1, -0.05) is 67.6 Å². The van der Waals surface area contributed by atoms with Gasteiger partial charge in [-0.3, -0.25) is 15.0 Å². The number of amides is 1. The smallest absolute Gasteiger partial charge is 0.406 e. The summed E-state index contributed by atoms with van der Waals surface area (Å²) in [6.07, 6.45) is -3.84. The van der Waals surface area contributed by atoms with E-state index in [-0.39, 0.29) is 23.3 Å². The van der Waals surface area contributed by atoms with Crippen molar-refractivity contribution in [3.8, 4) is 22.8 Å². The number of alkyl halides is 3. The quantitative estimate of drug-likeness (QED) is 0.215. The molecule has 1 aliphatic heterocycles. The summed E-state index contributed by atoms with van der Waals surface area (Å²) >= 11 is 1.30. The number of halogens is 3. The van der Waals surface area contributed by atoms with Gasteiger partial charge >= 0.3 is 6.36 Å². The van der Waals surface area contributed by atoms with Gasteiger partial charge < -0.3 is 9.84 Å². The van der Waals surface area contributed by atoms with Crippen LogP contribution >= 0.6 is 11.8 Å². The molecule has 0 spiro atoms. The zero-order chi connectivity index (χ0) is 31.4. The Bertz CT molecular complexity index is 1640. The van der Waals surface area contributed by atoms with Gasteiger partial charge in [-0.2, -0.15) is 0 Å². The van der Waals surface area contributed by atoms with E-state index in [1.165, 1.54) is 47.0 Å². The Morgan fingerprint density at radius 3 is 2.50 bits per heavy atom. The van der Waals surface area contributed by atoms with Crippen molar-refractivity contribution in [2.24, 2.45) is 4.99 Å². The number of rotatable bonds is 10. The summed E-state index contributed by atoms with van der Waals surface area (Å²) in [7, 11) is 0. The molecule has 2 N–H and O–H groups in total. The topological polar surface area (TPSA) is 105 Å². The second-order valence-electron chi connectivity index (χ2n) is 10.5. The molecule has 0 aliphatic carbocycles. The Morgan fingerprint density at radius 2 is 1.82 bits per heavy atom. The molecule has 0 saturated carbocycles. The summed E-state index contributed by atoms with van der Waals surface area (Å²) < 4.78 is 42.6. The van der Waals surface area contributed by atoms with Crippen LogP contribution in [0.5, 0.6) is 5.75 Å². The molecule has 44 heavy (non-hydrogen) atoms. The number of hydrogen-bond donors (Lipinski definition) is 2. The molecule has 1 unspecified atom stereocenters. The molecule has 1 amide bonds. The van der Waals surface area contributed by atoms with E-state index < -0.39 is 12.7 Å². The van der Waals surface area contributed by atoms with Crippen molar-refractivity contribution in [3.63, 3.8) is 0 Å². The average molecular weight is 625 g/mol. The number of benzene rings is 3. The van der Waals surface area contributed by atoms with Crippen molar-refractivity contribution in [2.45, 2.75) is 45.8 Å². The normalized spacial score (nSPS) is 15.4. The number of aromatic nitrogens is 3. The third-order valence-electron chi connectivity index (χ3n) is 6.82. The minimum absolute atomic E-state index is 0.0699. The minimum Gasteiger partial charge on any atom is -0.406 e. The van der Waals surface area contributed by atoms with Crippen LogP contribution in [0.4, 0.5) is 18.9 Å². The highest BCUT2D eigenvalue weighted by atomic mass is 32.2. The summed E-state index contributed by atoms with van der Waals surface area (Å²) in [6.45, 7) is 6.62. The fraction of sp³-hybridized carbons (Fsp3) is 0.290. The Balaban J connectivity index is 1.17. The van der Waals surface area contributed by atoms with Gasteiger partial charge in [0.05, 0.1) is 17.1 Å². The van der Waals surface area contributed by atoms with E-state index in [4.69, 9.17) is 0 Å². The predicted octanol–water partition coefficient (Wildman–Crippen LogP) is 5.81. The van der Waals surface area contributed by atoms with Gasteiger partial charge in [0.15, 0.2) is 11.0 Å². The lowest BCUT2D eigenvalue weighted by atomic mass is 9.98. The standard InChI is InChI=1S/C31H31F3N6O3S/c1-19(2)25-16-20(3)4-13-26(25)40-27(41)17-44-30(40)37-29(42)35-15-14-21-5-7-22(8-6-21)28-36-18-39(38-28)23-9-11-24(12-10-23)43-31(32,33)34/h4-13,16,18-19,29,35,42H,14-15,17H2,1-3H3. The van der Waals surface area contributed by atoms with Crippen LogP contribution in [0, 0.1) is 6.92 Å². The van der Waals surface area contributed by atoms with Crippen molar-refractivity contribution in [2.75, 3.05) is 17.2 Å². The largest absolute Gasteiger partial charge is 0.573 e. The summed E-state index contributed by atoms with van der Waals surface area (Å²) in [5, 5.41) is 18.5. The number of carbonyl (C=O) groups is 1. The lowest BCUT2D eigenvalue weighted by Gasteiger charge is -2.23. The number of nitrogens with zero attached hydrogens (tertiary/aromatic N) is 5. The monoisotopic (exact) mass is 624 g/mol. The molecular formula is C31H31F3N6O3S. The Labute approximate surface area is 256 Å². The number of hydrogen-bond acceptors (Lipinski definition) is 8.